The molecule has 6 nitrogen and oxygen atoms in total. The molecule has 108 valence electrons. The van der Waals surface area contributed by atoms with Crippen molar-refractivity contribution in [1.82, 2.24) is 5.32 Å². The van der Waals surface area contributed by atoms with Crippen molar-refractivity contribution in [1.29, 1.82) is 0 Å². The van der Waals surface area contributed by atoms with E-state index in [1.807, 2.05) is 0 Å². The number of aliphatic carboxylic acids is 2. The van der Waals surface area contributed by atoms with Crippen LogP contribution in [0.4, 0.5) is 0 Å². The van der Waals surface area contributed by atoms with Crippen molar-refractivity contribution in [2.24, 2.45) is 0 Å². The molecule has 1 aromatic rings. The van der Waals surface area contributed by atoms with E-state index >= 15 is 0 Å². The van der Waals surface area contributed by atoms with Gasteiger partial charge in [0.2, 0.25) is 5.91 Å². The third-order valence-electron chi connectivity index (χ3n) is 2.73. The Balaban J connectivity index is 2.48. The summed E-state index contributed by atoms with van der Waals surface area (Å²) in [4.78, 5) is 33.1. The normalized spacial score (nSPS) is 11.6. The Hall–Kier alpha value is -2.37. The van der Waals surface area contributed by atoms with Gasteiger partial charge in [-0.05, 0) is 18.4 Å². The summed E-state index contributed by atoms with van der Waals surface area (Å²) >= 11 is 0. The van der Waals surface area contributed by atoms with Crippen LogP contribution in [-0.4, -0.2) is 28.1 Å². The van der Waals surface area contributed by atoms with Crippen LogP contribution in [0, 0.1) is 0 Å². The van der Waals surface area contributed by atoms with E-state index in [9.17, 15) is 14.4 Å². The Morgan fingerprint density at radius 3 is 2.15 bits per heavy atom. The molecule has 0 radical (unpaired) electrons. The van der Waals surface area contributed by atoms with E-state index in [0.29, 0.717) is 18.4 Å². The molecule has 1 atom stereocenters. The van der Waals surface area contributed by atoms with Crippen molar-refractivity contribution < 1.29 is 24.6 Å². The fourth-order valence-corrected chi connectivity index (χ4v) is 1.73. The molecule has 0 aliphatic carbocycles. The zero-order valence-corrected chi connectivity index (χ0v) is 10.9. The third kappa shape index (κ3) is 5.51. The van der Waals surface area contributed by atoms with E-state index in [4.69, 9.17) is 10.2 Å². The highest BCUT2D eigenvalue weighted by atomic mass is 16.4. The van der Waals surface area contributed by atoms with Crippen LogP contribution in [0.5, 0.6) is 0 Å². The van der Waals surface area contributed by atoms with Gasteiger partial charge in [-0.3, -0.25) is 9.59 Å². The van der Waals surface area contributed by atoms with Crippen LogP contribution in [0.3, 0.4) is 0 Å². The van der Waals surface area contributed by atoms with Crippen LogP contribution >= 0.6 is 0 Å². The van der Waals surface area contributed by atoms with Gasteiger partial charge in [0.25, 0.3) is 0 Å². The summed E-state index contributed by atoms with van der Waals surface area (Å²) < 4.78 is 0. The number of benzene rings is 1. The van der Waals surface area contributed by atoms with Crippen molar-refractivity contribution in [3.05, 3.63) is 35.9 Å². The lowest BCUT2D eigenvalue weighted by molar-refractivity contribution is -0.142. The van der Waals surface area contributed by atoms with E-state index in [0.717, 1.165) is 0 Å². The van der Waals surface area contributed by atoms with Crippen molar-refractivity contribution in [3.8, 4) is 0 Å². The van der Waals surface area contributed by atoms with Crippen LogP contribution < -0.4 is 5.32 Å². The van der Waals surface area contributed by atoms with Gasteiger partial charge in [0.15, 0.2) is 6.04 Å². The molecule has 20 heavy (non-hydrogen) atoms. The fraction of sp³-hybridized carbons (Fsp3) is 0.357. The molecule has 0 aromatic heterocycles. The standard InChI is InChI=1S/C14H17NO5/c16-11(8-4-5-9-12(17)18)15-13(14(19)20)10-6-2-1-3-7-10/h1-3,6-7,13H,4-5,8-9H2,(H,15,16)(H,17,18)(H,19,20). The summed E-state index contributed by atoms with van der Waals surface area (Å²) in [5.74, 6) is -2.43. The molecule has 0 fully saturated rings. The van der Waals surface area contributed by atoms with E-state index in [1.54, 1.807) is 30.3 Å². The van der Waals surface area contributed by atoms with Gasteiger partial charge < -0.3 is 15.5 Å². The first-order chi connectivity index (χ1) is 9.50. The van der Waals surface area contributed by atoms with E-state index in [-0.39, 0.29) is 12.8 Å². The maximum absolute atomic E-state index is 11.7. The summed E-state index contributed by atoms with van der Waals surface area (Å²) in [5.41, 5.74) is 0.499. The van der Waals surface area contributed by atoms with Crippen molar-refractivity contribution >= 4 is 17.8 Å². The number of amides is 1. The predicted molar refractivity (Wildman–Crippen MR) is 71.1 cm³/mol. The molecular formula is C14H17NO5. The summed E-state index contributed by atoms with van der Waals surface area (Å²) in [6, 6.07) is 7.33. The Kier molecular flexibility index (Phi) is 6.22. The van der Waals surface area contributed by atoms with Gasteiger partial charge in [-0.25, -0.2) is 4.79 Å². The lowest BCUT2D eigenvalue weighted by atomic mass is 10.1. The zero-order valence-electron chi connectivity index (χ0n) is 10.9. The highest BCUT2D eigenvalue weighted by molar-refractivity contribution is 5.84. The molecule has 0 aliphatic heterocycles. The summed E-state index contributed by atoms with van der Waals surface area (Å²) in [6.45, 7) is 0. The number of carbonyl (C=O) groups is 3. The minimum Gasteiger partial charge on any atom is -0.481 e. The van der Waals surface area contributed by atoms with Gasteiger partial charge in [0.05, 0.1) is 0 Å². The number of hydrogen-bond acceptors (Lipinski definition) is 3. The number of carboxylic acid groups (broad SMARTS) is 2. The molecule has 0 saturated heterocycles. The number of hydrogen-bond donors (Lipinski definition) is 3. The van der Waals surface area contributed by atoms with Gasteiger partial charge in [0.1, 0.15) is 0 Å². The predicted octanol–water partition coefficient (Wildman–Crippen LogP) is 1.57. The first-order valence-electron chi connectivity index (χ1n) is 6.29. The van der Waals surface area contributed by atoms with E-state index in [2.05, 4.69) is 5.32 Å². The van der Waals surface area contributed by atoms with Gasteiger partial charge in [-0.15, -0.1) is 0 Å². The second-order valence-corrected chi connectivity index (χ2v) is 4.35. The molecule has 0 saturated carbocycles. The molecule has 0 spiro atoms. The molecule has 1 aromatic carbocycles. The molecule has 3 N–H and O–H groups in total. The first-order valence-corrected chi connectivity index (χ1v) is 6.29. The van der Waals surface area contributed by atoms with Crippen LogP contribution in [0.1, 0.15) is 37.3 Å². The quantitative estimate of drug-likeness (QED) is 0.627. The Labute approximate surface area is 116 Å². The van der Waals surface area contributed by atoms with Crippen LogP contribution in [-0.2, 0) is 14.4 Å². The second-order valence-electron chi connectivity index (χ2n) is 4.35. The van der Waals surface area contributed by atoms with Gasteiger partial charge in [-0.2, -0.15) is 0 Å². The molecule has 1 unspecified atom stereocenters. The topological polar surface area (TPSA) is 104 Å². The molecular weight excluding hydrogens is 262 g/mol. The van der Waals surface area contributed by atoms with Crippen LogP contribution in [0.15, 0.2) is 30.3 Å². The minimum absolute atomic E-state index is 0.00826. The fourth-order valence-electron chi connectivity index (χ4n) is 1.73. The minimum atomic E-state index is -1.13. The van der Waals surface area contributed by atoms with Gasteiger partial charge >= 0.3 is 11.9 Å². The molecule has 0 bridgehead atoms. The number of carbonyl (C=O) groups excluding carboxylic acids is 1. The van der Waals surface area contributed by atoms with Crippen LogP contribution in [0.2, 0.25) is 0 Å². The highest BCUT2D eigenvalue weighted by Gasteiger charge is 2.21. The second kappa shape index (κ2) is 7.93. The summed E-state index contributed by atoms with van der Waals surface area (Å²) in [6.07, 6.45) is 0.934. The number of unbranched alkanes of at least 4 members (excludes halogenated alkanes) is 1. The maximum atomic E-state index is 11.7. The zero-order chi connectivity index (χ0) is 15.0. The summed E-state index contributed by atoms with van der Waals surface area (Å²) in [7, 11) is 0. The van der Waals surface area contributed by atoms with Crippen LogP contribution in [0.25, 0.3) is 0 Å². The van der Waals surface area contributed by atoms with Gasteiger partial charge in [-0.1, -0.05) is 30.3 Å². The molecule has 0 heterocycles. The Bertz CT molecular complexity index is 472. The number of rotatable bonds is 8. The average Bonchev–Trinajstić information content (AvgIpc) is 2.41. The molecule has 1 rings (SSSR count). The summed E-state index contributed by atoms with van der Waals surface area (Å²) in [5, 5.41) is 20.0. The highest BCUT2D eigenvalue weighted by Crippen LogP contribution is 2.13. The Morgan fingerprint density at radius 2 is 1.60 bits per heavy atom. The molecule has 0 aliphatic rings. The lowest BCUT2D eigenvalue weighted by Gasteiger charge is -2.14. The Morgan fingerprint density at radius 1 is 1.00 bits per heavy atom. The molecule has 6 heteroatoms. The van der Waals surface area contributed by atoms with Crippen molar-refractivity contribution in [3.63, 3.8) is 0 Å². The smallest absolute Gasteiger partial charge is 0.330 e. The van der Waals surface area contributed by atoms with Gasteiger partial charge in [0, 0.05) is 12.8 Å². The van der Waals surface area contributed by atoms with Crippen molar-refractivity contribution in [2.75, 3.05) is 0 Å². The average molecular weight is 279 g/mol. The maximum Gasteiger partial charge on any atom is 0.330 e. The largest absolute Gasteiger partial charge is 0.481 e. The monoisotopic (exact) mass is 279 g/mol. The van der Waals surface area contributed by atoms with E-state index < -0.39 is 23.9 Å². The first kappa shape index (κ1) is 15.7. The number of carboxylic acids is 2. The number of nitrogens with one attached hydrogen (secondary N) is 1. The SMILES string of the molecule is O=C(O)CCCCC(=O)NC(C(=O)O)c1ccccc1. The molecule has 1 amide bonds. The van der Waals surface area contributed by atoms with Crippen molar-refractivity contribution in [2.45, 2.75) is 31.7 Å². The van der Waals surface area contributed by atoms with E-state index in [1.165, 1.54) is 0 Å². The third-order valence-corrected chi connectivity index (χ3v) is 2.73. The lowest BCUT2D eigenvalue weighted by Crippen LogP contribution is -2.33.